The van der Waals surface area contributed by atoms with E-state index in [2.05, 4.69) is 27.1 Å². The second-order valence-corrected chi connectivity index (χ2v) is 4.49. The number of nitrogens with zero attached hydrogens (tertiary/aromatic N) is 3. The molecule has 18 heavy (non-hydrogen) atoms. The molecule has 0 saturated carbocycles. The Balaban J connectivity index is 1.98. The van der Waals surface area contributed by atoms with Crippen molar-refractivity contribution in [2.24, 2.45) is 0 Å². The molecule has 2 aromatic heterocycles. The van der Waals surface area contributed by atoms with E-state index in [1.165, 1.54) is 5.56 Å². The topological polar surface area (TPSA) is 38.7 Å². The fraction of sp³-hybridized carbons (Fsp3) is 0.0714. The molecule has 0 N–H and O–H groups in total. The molecule has 0 saturated heterocycles. The van der Waals surface area contributed by atoms with E-state index in [9.17, 15) is 0 Å². The maximum Gasteiger partial charge on any atom is 0.0703 e. The van der Waals surface area contributed by atoms with E-state index in [1.807, 2.05) is 12.1 Å². The summed E-state index contributed by atoms with van der Waals surface area (Å²) in [6.45, 7) is 0. The van der Waals surface area contributed by atoms with Crippen LogP contribution >= 0.6 is 11.6 Å². The van der Waals surface area contributed by atoms with Gasteiger partial charge in [-0.15, -0.1) is 0 Å². The molecule has 0 bridgehead atoms. The van der Waals surface area contributed by atoms with Crippen molar-refractivity contribution in [1.29, 1.82) is 0 Å². The smallest absolute Gasteiger partial charge is 0.0703 e. The Morgan fingerprint density at radius 2 is 1.94 bits per heavy atom. The summed E-state index contributed by atoms with van der Waals surface area (Å²) in [6.07, 6.45) is 7.57. The van der Waals surface area contributed by atoms with Crippen LogP contribution in [0, 0.1) is 0 Å². The predicted octanol–water partition coefficient (Wildman–Crippen LogP) is 3.27. The quantitative estimate of drug-likeness (QED) is 0.705. The Morgan fingerprint density at radius 3 is 2.78 bits per heavy atom. The summed E-state index contributed by atoms with van der Waals surface area (Å²) in [6, 6.07) is 8.06. The van der Waals surface area contributed by atoms with Crippen LogP contribution in [0.25, 0.3) is 10.9 Å². The van der Waals surface area contributed by atoms with Gasteiger partial charge in [0, 0.05) is 36.6 Å². The van der Waals surface area contributed by atoms with Crippen LogP contribution in [-0.4, -0.2) is 15.0 Å². The second kappa shape index (κ2) is 4.70. The second-order valence-electron chi connectivity index (χ2n) is 4.05. The number of hydrogen-bond acceptors (Lipinski definition) is 3. The van der Waals surface area contributed by atoms with E-state index in [-0.39, 0.29) is 0 Å². The van der Waals surface area contributed by atoms with Crippen LogP contribution in [0.4, 0.5) is 0 Å². The summed E-state index contributed by atoms with van der Waals surface area (Å²) in [4.78, 5) is 12.6. The third-order valence-corrected chi connectivity index (χ3v) is 2.92. The molecule has 1 aromatic carbocycles. The average molecular weight is 256 g/mol. The number of aromatic nitrogens is 3. The minimum atomic E-state index is 0.652. The van der Waals surface area contributed by atoms with Crippen LogP contribution in [0.3, 0.4) is 0 Å². The van der Waals surface area contributed by atoms with Crippen LogP contribution in [0.1, 0.15) is 11.3 Å². The predicted molar refractivity (Wildman–Crippen MR) is 71.6 cm³/mol. The maximum absolute atomic E-state index is 5.95. The van der Waals surface area contributed by atoms with Gasteiger partial charge in [-0.2, -0.15) is 0 Å². The molecule has 0 amide bonds. The highest BCUT2D eigenvalue weighted by molar-refractivity contribution is 6.31. The molecule has 0 aliphatic rings. The third-order valence-electron chi connectivity index (χ3n) is 2.71. The minimum absolute atomic E-state index is 0.652. The van der Waals surface area contributed by atoms with Crippen LogP contribution in [0.15, 0.2) is 49.1 Å². The zero-order valence-electron chi connectivity index (χ0n) is 9.55. The summed E-state index contributed by atoms with van der Waals surface area (Å²) < 4.78 is 0. The van der Waals surface area contributed by atoms with Crippen molar-refractivity contribution < 1.29 is 0 Å². The highest BCUT2D eigenvalue weighted by atomic mass is 35.5. The van der Waals surface area contributed by atoms with Gasteiger partial charge in [-0.3, -0.25) is 15.0 Å². The van der Waals surface area contributed by atoms with Gasteiger partial charge in [0.25, 0.3) is 0 Å². The van der Waals surface area contributed by atoms with E-state index in [1.54, 1.807) is 24.8 Å². The van der Waals surface area contributed by atoms with Gasteiger partial charge in [-0.05, 0) is 23.8 Å². The highest BCUT2D eigenvalue weighted by Crippen LogP contribution is 2.19. The summed E-state index contributed by atoms with van der Waals surface area (Å²) in [5, 5.41) is 1.70. The zero-order valence-corrected chi connectivity index (χ0v) is 10.3. The lowest BCUT2D eigenvalue weighted by Crippen LogP contribution is -1.92. The minimum Gasteiger partial charge on any atom is -0.261 e. The first-order valence-electron chi connectivity index (χ1n) is 5.60. The molecule has 0 spiro atoms. The first-order valence-corrected chi connectivity index (χ1v) is 5.98. The van der Waals surface area contributed by atoms with Gasteiger partial charge in [0.1, 0.15) is 0 Å². The monoisotopic (exact) mass is 255 g/mol. The van der Waals surface area contributed by atoms with Crippen LogP contribution < -0.4 is 0 Å². The lowest BCUT2D eigenvalue weighted by Gasteiger charge is -2.03. The molecule has 0 radical (unpaired) electrons. The Hall–Kier alpha value is -2.00. The lowest BCUT2D eigenvalue weighted by molar-refractivity contribution is 1.03. The molecule has 0 aliphatic carbocycles. The van der Waals surface area contributed by atoms with Crippen molar-refractivity contribution in [3.8, 4) is 0 Å². The van der Waals surface area contributed by atoms with Crippen molar-refractivity contribution in [3.05, 3.63) is 65.3 Å². The first kappa shape index (κ1) is 11.1. The zero-order chi connectivity index (χ0) is 12.4. The molecular formula is C14H10ClN3. The molecule has 3 rings (SSSR count). The van der Waals surface area contributed by atoms with Crippen molar-refractivity contribution in [1.82, 2.24) is 15.0 Å². The van der Waals surface area contributed by atoms with E-state index >= 15 is 0 Å². The van der Waals surface area contributed by atoms with E-state index in [4.69, 9.17) is 11.6 Å². The summed E-state index contributed by atoms with van der Waals surface area (Å²) in [7, 11) is 0. The Kier molecular flexibility index (Phi) is 2.90. The summed E-state index contributed by atoms with van der Waals surface area (Å²) >= 11 is 5.95. The summed E-state index contributed by atoms with van der Waals surface area (Å²) in [5.74, 6) is 0. The van der Waals surface area contributed by atoms with Gasteiger partial charge >= 0.3 is 0 Å². The number of benzene rings is 1. The SMILES string of the molecule is Clc1cnc2ccc(Cc3cnccn3)cc2c1. The molecular weight excluding hydrogens is 246 g/mol. The van der Waals surface area contributed by atoms with Crippen LogP contribution in [-0.2, 0) is 6.42 Å². The average Bonchev–Trinajstić information content (AvgIpc) is 2.39. The lowest BCUT2D eigenvalue weighted by atomic mass is 10.1. The van der Waals surface area contributed by atoms with Crippen molar-refractivity contribution in [3.63, 3.8) is 0 Å². The van der Waals surface area contributed by atoms with Gasteiger partial charge in [-0.1, -0.05) is 17.7 Å². The normalized spacial score (nSPS) is 10.7. The molecule has 88 valence electrons. The van der Waals surface area contributed by atoms with Crippen LogP contribution in [0.2, 0.25) is 5.02 Å². The van der Waals surface area contributed by atoms with Crippen molar-refractivity contribution >= 4 is 22.5 Å². The number of fused-ring (bicyclic) bond motifs is 1. The molecule has 2 heterocycles. The van der Waals surface area contributed by atoms with Crippen molar-refractivity contribution in [2.75, 3.05) is 0 Å². The fourth-order valence-corrected chi connectivity index (χ4v) is 2.06. The number of halogens is 1. The molecule has 0 atom stereocenters. The standard InChI is InChI=1S/C14H10ClN3/c15-12-7-11-5-10(1-2-14(11)18-8-12)6-13-9-16-3-4-17-13/h1-5,7-9H,6H2. The highest BCUT2D eigenvalue weighted by Gasteiger charge is 2.01. The molecule has 0 aliphatic heterocycles. The molecule has 0 fully saturated rings. The van der Waals surface area contributed by atoms with E-state index in [0.717, 1.165) is 23.0 Å². The van der Waals surface area contributed by atoms with Crippen molar-refractivity contribution in [2.45, 2.75) is 6.42 Å². The third kappa shape index (κ3) is 2.31. The first-order chi connectivity index (χ1) is 8.81. The van der Waals surface area contributed by atoms with E-state index in [0.29, 0.717) is 5.02 Å². The Labute approximate surface area is 109 Å². The number of pyridine rings is 1. The molecule has 0 unspecified atom stereocenters. The Bertz CT molecular complexity index is 683. The maximum atomic E-state index is 5.95. The Morgan fingerprint density at radius 1 is 1.00 bits per heavy atom. The largest absolute Gasteiger partial charge is 0.261 e. The van der Waals surface area contributed by atoms with E-state index < -0.39 is 0 Å². The molecule has 3 nitrogen and oxygen atoms in total. The molecule has 3 aromatic rings. The molecule has 4 heteroatoms. The fourth-order valence-electron chi connectivity index (χ4n) is 1.89. The number of rotatable bonds is 2. The van der Waals surface area contributed by atoms with Gasteiger partial charge in [0.15, 0.2) is 0 Å². The summed E-state index contributed by atoms with van der Waals surface area (Å²) in [5.41, 5.74) is 3.07. The number of hydrogen-bond donors (Lipinski definition) is 0. The van der Waals surface area contributed by atoms with Gasteiger partial charge in [0.05, 0.1) is 16.2 Å². The van der Waals surface area contributed by atoms with Gasteiger partial charge in [-0.25, -0.2) is 0 Å². The van der Waals surface area contributed by atoms with Crippen LogP contribution in [0.5, 0.6) is 0 Å². The van der Waals surface area contributed by atoms with Gasteiger partial charge in [0.2, 0.25) is 0 Å². The van der Waals surface area contributed by atoms with Gasteiger partial charge < -0.3 is 0 Å².